The van der Waals surface area contributed by atoms with Crippen molar-refractivity contribution >= 4 is 11.9 Å². The van der Waals surface area contributed by atoms with Gasteiger partial charge in [0.05, 0.1) is 13.5 Å². The zero-order chi connectivity index (χ0) is 14.0. The van der Waals surface area contributed by atoms with E-state index in [-0.39, 0.29) is 16.9 Å². The zero-order valence-electron chi connectivity index (χ0n) is 12.3. The van der Waals surface area contributed by atoms with Crippen LogP contribution in [0.4, 0.5) is 0 Å². The Kier molecular flexibility index (Phi) is 4.24. The molecule has 1 aliphatic heterocycles. The molecule has 0 amide bonds. The van der Waals surface area contributed by atoms with Gasteiger partial charge < -0.3 is 15.0 Å². The maximum absolute atomic E-state index is 11.0. The predicted octanol–water partition coefficient (Wildman–Crippen LogP) is 1.25. The molecule has 0 aliphatic carbocycles. The van der Waals surface area contributed by atoms with Crippen molar-refractivity contribution in [1.29, 1.82) is 0 Å². The second-order valence-corrected chi connectivity index (χ2v) is 5.83. The fourth-order valence-electron chi connectivity index (χ4n) is 2.07. The van der Waals surface area contributed by atoms with Crippen LogP contribution >= 0.6 is 0 Å². The molecule has 0 aromatic heterocycles. The van der Waals surface area contributed by atoms with Gasteiger partial charge in [0.1, 0.15) is 0 Å². The smallest absolute Gasteiger partial charge is 0.307 e. The second-order valence-electron chi connectivity index (χ2n) is 5.83. The maximum Gasteiger partial charge on any atom is 0.307 e. The molecule has 1 saturated heterocycles. The lowest BCUT2D eigenvalue weighted by Crippen LogP contribution is -2.72. The van der Waals surface area contributed by atoms with E-state index < -0.39 is 0 Å². The lowest BCUT2D eigenvalue weighted by molar-refractivity contribution is -0.140. The molecule has 1 heterocycles. The van der Waals surface area contributed by atoms with E-state index in [9.17, 15) is 4.79 Å². The van der Waals surface area contributed by atoms with Gasteiger partial charge in [0.25, 0.3) is 0 Å². The molecule has 1 aliphatic rings. The minimum atomic E-state index is -0.207. The molecule has 5 heteroatoms. The predicted molar refractivity (Wildman–Crippen MR) is 72.6 cm³/mol. The Hall–Kier alpha value is -1.26. The van der Waals surface area contributed by atoms with Crippen molar-refractivity contribution < 1.29 is 9.53 Å². The first kappa shape index (κ1) is 14.8. The number of ether oxygens (including phenoxy) is 1. The van der Waals surface area contributed by atoms with E-state index in [0.29, 0.717) is 13.0 Å². The molecule has 0 spiro atoms. The molecule has 0 atom stereocenters. The lowest BCUT2D eigenvalue weighted by Gasteiger charge is -2.62. The molecule has 0 aromatic carbocycles. The van der Waals surface area contributed by atoms with Crippen LogP contribution in [-0.2, 0) is 9.53 Å². The highest BCUT2D eigenvalue weighted by Gasteiger charge is 2.53. The standard InChI is InChI=1S/C13H25N3O2/c1-12(2)9-16(13(12,3)4)11(14-5)15-8-7-10(17)18-6/h7-9H2,1-6H3,(H,14,15). The number of likely N-dealkylation sites (tertiary alicyclic amines) is 1. The van der Waals surface area contributed by atoms with E-state index >= 15 is 0 Å². The number of esters is 1. The van der Waals surface area contributed by atoms with Crippen molar-refractivity contribution in [2.45, 2.75) is 39.7 Å². The van der Waals surface area contributed by atoms with Gasteiger partial charge >= 0.3 is 5.97 Å². The summed E-state index contributed by atoms with van der Waals surface area (Å²) in [5.41, 5.74) is 0.340. The summed E-state index contributed by atoms with van der Waals surface area (Å²) in [6, 6.07) is 0. The molecule has 0 saturated carbocycles. The molecular formula is C13H25N3O2. The van der Waals surface area contributed by atoms with Crippen LogP contribution in [0.2, 0.25) is 0 Å². The summed E-state index contributed by atoms with van der Waals surface area (Å²) in [6.07, 6.45) is 0.354. The summed E-state index contributed by atoms with van der Waals surface area (Å²) in [5, 5.41) is 3.21. The van der Waals surface area contributed by atoms with Crippen molar-refractivity contribution in [3.63, 3.8) is 0 Å². The van der Waals surface area contributed by atoms with Gasteiger partial charge in [0.15, 0.2) is 5.96 Å². The fraction of sp³-hybridized carbons (Fsp3) is 0.846. The largest absolute Gasteiger partial charge is 0.469 e. The van der Waals surface area contributed by atoms with E-state index in [0.717, 1.165) is 12.5 Å². The number of rotatable bonds is 3. The Balaban J connectivity index is 2.52. The van der Waals surface area contributed by atoms with Gasteiger partial charge in [-0.15, -0.1) is 0 Å². The Labute approximate surface area is 110 Å². The molecule has 0 aromatic rings. The molecular weight excluding hydrogens is 230 g/mol. The summed E-state index contributed by atoms with van der Waals surface area (Å²) in [7, 11) is 3.17. The molecule has 5 nitrogen and oxygen atoms in total. The fourth-order valence-corrected chi connectivity index (χ4v) is 2.07. The van der Waals surface area contributed by atoms with Gasteiger partial charge in [0.2, 0.25) is 0 Å². The van der Waals surface area contributed by atoms with Crippen LogP contribution in [0.15, 0.2) is 4.99 Å². The van der Waals surface area contributed by atoms with Crippen LogP contribution in [0.5, 0.6) is 0 Å². The monoisotopic (exact) mass is 255 g/mol. The Bertz CT molecular complexity index is 348. The molecule has 1 rings (SSSR count). The number of methoxy groups -OCH3 is 1. The number of hydrogen-bond donors (Lipinski definition) is 1. The van der Waals surface area contributed by atoms with Crippen LogP contribution in [0.1, 0.15) is 34.1 Å². The zero-order valence-corrected chi connectivity index (χ0v) is 12.3. The van der Waals surface area contributed by atoms with Crippen LogP contribution in [0.3, 0.4) is 0 Å². The van der Waals surface area contributed by atoms with Crippen molar-refractivity contribution in [3.8, 4) is 0 Å². The number of hydrogen-bond acceptors (Lipinski definition) is 3. The van der Waals surface area contributed by atoms with E-state index in [4.69, 9.17) is 0 Å². The average molecular weight is 255 g/mol. The van der Waals surface area contributed by atoms with Crippen molar-refractivity contribution in [2.75, 3.05) is 27.2 Å². The normalized spacial score (nSPS) is 21.2. The quantitative estimate of drug-likeness (QED) is 0.468. The van der Waals surface area contributed by atoms with Crippen LogP contribution in [0.25, 0.3) is 0 Å². The first-order valence-corrected chi connectivity index (χ1v) is 6.31. The Morgan fingerprint density at radius 2 is 2.00 bits per heavy atom. The van der Waals surface area contributed by atoms with Crippen LogP contribution < -0.4 is 5.32 Å². The molecule has 1 N–H and O–H groups in total. The molecule has 0 radical (unpaired) electrons. The van der Waals surface area contributed by atoms with Gasteiger partial charge in [0, 0.05) is 31.1 Å². The summed E-state index contributed by atoms with van der Waals surface area (Å²) < 4.78 is 4.61. The summed E-state index contributed by atoms with van der Waals surface area (Å²) in [6.45, 7) is 10.5. The van der Waals surface area contributed by atoms with Gasteiger partial charge in [-0.05, 0) is 13.8 Å². The van der Waals surface area contributed by atoms with Gasteiger partial charge in [-0.3, -0.25) is 9.79 Å². The third kappa shape index (κ3) is 2.60. The SMILES string of the molecule is CN=C(NCCC(=O)OC)N1CC(C)(C)C1(C)C. The highest BCUT2D eigenvalue weighted by Crippen LogP contribution is 2.46. The first-order valence-electron chi connectivity index (χ1n) is 6.31. The maximum atomic E-state index is 11.0. The van der Waals surface area contributed by atoms with E-state index in [2.05, 4.69) is 47.6 Å². The number of carbonyl (C=O) groups is 1. The van der Waals surface area contributed by atoms with Gasteiger partial charge in [-0.1, -0.05) is 13.8 Å². The highest BCUT2D eigenvalue weighted by atomic mass is 16.5. The number of carbonyl (C=O) groups excluding carboxylic acids is 1. The molecule has 0 unspecified atom stereocenters. The number of guanidine groups is 1. The topological polar surface area (TPSA) is 53.9 Å². The molecule has 0 bridgehead atoms. The van der Waals surface area contributed by atoms with E-state index in [1.165, 1.54) is 7.11 Å². The van der Waals surface area contributed by atoms with Crippen molar-refractivity contribution in [2.24, 2.45) is 10.4 Å². The second kappa shape index (κ2) is 5.16. The van der Waals surface area contributed by atoms with E-state index in [1.54, 1.807) is 7.05 Å². The molecule has 1 fully saturated rings. The van der Waals surface area contributed by atoms with Crippen LogP contribution in [0, 0.1) is 5.41 Å². The molecule has 104 valence electrons. The summed E-state index contributed by atoms with van der Waals surface area (Å²) in [5.74, 6) is 0.643. The Morgan fingerprint density at radius 3 is 2.39 bits per heavy atom. The minimum Gasteiger partial charge on any atom is -0.469 e. The number of nitrogens with one attached hydrogen (secondary N) is 1. The minimum absolute atomic E-state index is 0.0696. The molecule has 18 heavy (non-hydrogen) atoms. The summed E-state index contributed by atoms with van der Waals surface area (Å²) in [4.78, 5) is 17.6. The van der Waals surface area contributed by atoms with Gasteiger partial charge in [-0.25, -0.2) is 0 Å². The lowest BCUT2D eigenvalue weighted by atomic mass is 9.65. The number of aliphatic imine (C=N–C) groups is 1. The van der Waals surface area contributed by atoms with Crippen molar-refractivity contribution in [3.05, 3.63) is 0 Å². The van der Waals surface area contributed by atoms with Crippen LogP contribution in [-0.4, -0.2) is 49.6 Å². The first-order chi connectivity index (χ1) is 8.26. The summed E-state index contributed by atoms with van der Waals surface area (Å²) >= 11 is 0. The third-order valence-corrected chi connectivity index (χ3v) is 4.19. The highest BCUT2D eigenvalue weighted by molar-refractivity contribution is 5.82. The average Bonchev–Trinajstić information content (AvgIpc) is 2.32. The third-order valence-electron chi connectivity index (χ3n) is 4.19. The van der Waals surface area contributed by atoms with Crippen molar-refractivity contribution in [1.82, 2.24) is 10.2 Å². The Morgan fingerprint density at radius 1 is 1.39 bits per heavy atom. The number of nitrogens with zero attached hydrogens (tertiary/aromatic N) is 2. The van der Waals surface area contributed by atoms with Gasteiger partial charge in [-0.2, -0.15) is 0 Å². The van der Waals surface area contributed by atoms with E-state index in [1.807, 2.05) is 0 Å².